The Balaban J connectivity index is 2.44. The van der Waals surface area contributed by atoms with Crippen LogP contribution in [0.15, 0.2) is 24.3 Å². The third-order valence-electron chi connectivity index (χ3n) is 3.12. The van der Waals surface area contributed by atoms with Crippen LogP contribution in [0.3, 0.4) is 0 Å². The number of ether oxygens (including phenoxy) is 1. The topological polar surface area (TPSA) is 66.8 Å². The Morgan fingerprint density at radius 2 is 1.95 bits per heavy atom. The molecule has 1 amide bonds. The van der Waals surface area contributed by atoms with Crippen molar-refractivity contribution in [2.45, 2.75) is 20.3 Å². The summed E-state index contributed by atoms with van der Waals surface area (Å²) < 4.78 is 5.49. The SMILES string of the molecule is CN(CCOc1ccccc1Cl)C(=O)CC(C)(C)C(=O)O. The molecule has 0 radical (unpaired) electrons. The van der Waals surface area contributed by atoms with E-state index in [9.17, 15) is 9.59 Å². The summed E-state index contributed by atoms with van der Waals surface area (Å²) in [6, 6.07) is 7.09. The third-order valence-corrected chi connectivity index (χ3v) is 3.43. The second kappa shape index (κ2) is 7.31. The standard InChI is InChI=1S/C15H20ClNO4/c1-15(2,14(19)20)10-13(18)17(3)8-9-21-12-7-5-4-6-11(12)16/h4-7H,8-10H2,1-3H3,(H,19,20). The largest absolute Gasteiger partial charge is 0.490 e. The molecule has 0 aliphatic carbocycles. The lowest BCUT2D eigenvalue weighted by Crippen LogP contribution is -2.36. The molecule has 1 aromatic rings. The van der Waals surface area contributed by atoms with Gasteiger partial charge >= 0.3 is 5.97 Å². The van der Waals surface area contributed by atoms with Gasteiger partial charge in [0.05, 0.1) is 17.0 Å². The highest BCUT2D eigenvalue weighted by molar-refractivity contribution is 6.32. The first-order valence-electron chi connectivity index (χ1n) is 6.59. The highest BCUT2D eigenvalue weighted by Gasteiger charge is 2.31. The number of carboxylic acids is 1. The fourth-order valence-corrected chi connectivity index (χ4v) is 1.76. The molecule has 0 aromatic heterocycles. The van der Waals surface area contributed by atoms with Crippen LogP contribution in [0.1, 0.15) is 20.3 Å². The summed E-state index contributed by atoms with van der Waals surface area (Å²) in [4.78, 5) is 24.4. The van der Waals surface area contributed by atoms with Crippen molar-refractivity contribution < 1.29 is 19.4 Å². The Morgan fingerprint density at radius 3 is 2.52 bits per heavy atom. The first-order chi connectivity index (χ1) is 9.74. The van der Waals surface area contributed by atoms with Crippen LogP contribution in [0.25, 0.3) is 0 Å². The van der Waals surface area contributed by atoms with Crippen molar-refractivity contribution >= 4 is 23.5 Å². The molecule has 0 bridgehead atoms. The van der Waals surface area contributed by atoms with Gasteiger partial charge in [-0.1, -0.05) is 23.7 Å². The molecule has 0 aliphatic rings. The second-order valence-electron chi connectivity index (χ2n) is 5.46. The molecule has 0 spiro atoms. The van der Waals surface area contributed by atoms with Gasteiger partial charge in [-0.05, 0) is 26.0 Å². The number of amides is 1. The molecule has 21 heavy (non-hydrogen) atoms. The Bertz CT molecular complexity index is 516. The van der Waals surface area contributed by atoms with Gasteiger partial charge in [-0.15, -0.1) is 0 Å². The molecule has 0 atom stereocenters. The summed E-state index contributed by atoms with van der Waals surface area (Å²) in [6.07, 6.45) is -0.0507. The number of carbonyl (C=O) groups is 2. The third kappa shape index (κ3) is 5.27. The van der Waals surface area contributed by atoms with Crippen LogP contribution >= 0.6 is 11.6 Å². The second-order valence-corrected chi connectivity index (χ2v) is 5.87. The lowest BCUT2D eigenvalue weighted by atomic mass is 9.89. The van der Waals surface area contributed by atoms with Gasteiger partial charge in [0.1, 0.15) is 12.4 Å². The van der Waals surface area contributed by atoms with Crippen LogP contribution in [0.2, 0.25) is 5.02 Å². The van der Waals surface area contributed by atoms with E-state index in [1.54, 1.807) is 25.2 Å². The number of likely N-dealkylation sites (N-methyl/N-ethyl adjacent to an activating group) is 1. The fourth-order valence-electron chi connectivity index (χ4n) is 1.57. The van der Waals surface area contributed by atoms with Crippen molar-refractivity contribution in [2.75, 3.05) is 20.2 Å². The lowest BCUT2D eigenvalue weighted by molar-refractivity contribution is -0.151. The zero-order chi connectivity index (χ0) is 16.0. The molecule has 0 fully saturated rings. The van der Waals surface area contributed by atoms with E-state index in [0.717, 1.165) is 0 Å². The molecule has 1 N–H and O–H groups in total. The molecule has 0 unspecified atom stereocenters. The Morgan fingerprint density at radius 1 is 1.33 bits per heavy atom. The molecule has 116 valence electrons. The van der Waals surface area contributed by atoms with Crippen molar-refractivity contribution in [3.05, 3.63) is 29.3 Å². The highest BCUT2D eigenvalue weighted by Crippen LogP contribution is 2.23. The van der Waals surface area contributed by atoms with Gasteiger partial charge in [0.15, 0.2) is 0 Å². The van der Waals surface area contributed by atoms with Gasteiger partial charge in [-0.25, -0.2) is 0 Å². The molecule has 1 aromatic carbocycles. The molecule has 0 saturated heterocycles. The monoisotopic (exact) mass is 313 g/mol. The van der Waals surface area contributed by atoms with E-state index in [4.69, 9.17) is 21.4 Å². The number of carbonyl (C=O) groups excluding carboxylic acids is 1. The Kier molecular flexibility index (Phi) is 6.03. The van der Waals surface area contributed by atoms with Crippen molar-refractivity contribution in [2.24, 2.45) is 5.41 Å². The number of carboxylic acid groups (broad SMARTS) is 1. The molecular weight excluding hydrogens is 294 g/mol. The van der Waals surface area contributed by atoms with Gasteiger partial charge in [0.25, 0.3) is 0 Å². The minimum atomic E-state index is -1.07. The first-order valence-corrected chi connectivity index (χ1v) is 6.96. The highest BCUT2D eigenvalue weighted by atomic mass is 35.5. The van der Waals surface area contributed by atoms with Crippen LogP contribution < -0.4 is 4.74 Å². The zero-order valence-electron chi connectivity index (χ0n) is 12.4. The molecule has 0 heterocycles. The van der Waals surface area contributed by atoms with E-state index in [1.807, 2.05) is 6.07 Å². The first kappa shape index (κ1) is 17.3. The van der Waals surface area contributed by atoms with Gasteiger partial charge in [-0.2, -0.15) is 0 Å². The van der Waals surface area contributed by atoms with Crippen LogP contribution in [-0.2, 0) is 9.59 Å². The maximum Gasteiger partial charge on any atom is 0.309 e. The molecular formula is C15H20ClNO4. The molecule has 1 rings (SSSR count). The van der Waals surface area contributed by atoms with Crippen LogP contribution in [0.5, 0.6) is 5.75 Å². The van der Waals surface area contributed by atoms with Crippen molar-refractivity contribution in [1.82, 2.24) is 4.90 Å². The number of nitrogens with zero attached hydrogens (tertiary/aromatic N) is 1. The van der Waals surface area contributed by atoms with Crippen LogP contribution in [0.4, 0.5) is 0 Å². The van der Waals surface area contributed by atoms with E-state index in [-0.39, 0.29) is 12.3 Å². The quantitative estimate of drug-likeness (QED) is 0.840. The number of hydrogen-bond donors (Lipinski definition) is 1. The minimum Gasteiger partial charge on any atom is -0.490 e. The molecule has 0 saturated carbocycles. The number of rotatable bonds is 7. The fraction of sp³-hybridized carbons (Fsp3) is 0.467. The van der Waals surface area contributed by atoms with Crippen molar-refractivity contribution in [3.8, 4) is 5.75 Å². The summed E-state index contributed by atoms with van der Waals surface area (Å²) in [5.41, 5.74) is -1.07. The van der Waals surface area contributed by atoms with E-state index in [2.05, 4.69) is 0 Å². The lowest BCUT2D eigenvalue weighted by Gasteiger charge is -2.23. The summed E-state index contributed by atoms with van der Waals surface area (Å²) >= 11 is 5.95. The van der Waals surface area contributed by atoms with E-state index in [0.29, 0.717) is 23.9 Å². The Hall–Kier alpha value is -1.75. The number of benzene rings is 1. The average molecular weight is 314 g/mol. The van der Waals surface area contributed by atoms with Crippen molar-refractivity contribution in [1.29, 1.82) is 0 Å². The number of para-hydroxylation sites is 1. The predicted molar refractivity (Wildman–Crippen MR) is 80.6 cm³/mol. The maximum absolute atomic E-state index is 12.0. The predicted octanol–water partition coefficient (Wildman–Crippen LogP) is 2.68. The number of hydrogen-bond acceptors (Lipinski definition) is 3. The number of halogens is 1. The Labute approximate surface area is 129 Å². The summed E-state index contributed by atoms with van der Waals surface area (Å²) in [5.74, 6) is -0.660. The van der Waals surface area contributed by atoms with Gasteiger partial charge < -0.3 is 14.7 Å². The van der Waals surface area contributed by atoms with E-state index >= 15 is 0 Å². The zero-order valence-corrected chi connectivity index (χ0v) is 13.2. The van der Waals surface area contributed by atoms with Crippen LogP contribution in [-0.4, -0.2) is 42.1 Å². The van der Waals surface area contributed by atoms with Crippen LogP contribution in [0, 0.1) is 5.41 Å². The molecule has 5 nitrogen and oxygen atoms in total. The van der Waals surface area contributed by atoms with Gasteiger partial charge in [0.2, 0.25) is 5.91 Å². The van der Waals surface area contributed by atoms with Gasteiger partial charge in [-0.3, -0.25) is 9.59 Å². The van der Waals surface area contributed by atoms with E-state index in [1.165, 1.54) is 18.7 Å². The smallest absolute Gasteiger partial charge is 0.309 e. The molecule has 0 aliphatic heterocycles. The summed E-state index contributed by atoms with van der Waals surface area (Å²) in [7, 11) is 1.62. The van der Waals surface area contributed by atoms with E-state index < -0.39 is 11.4 Å². The normalized spacial score (nSPS) is 11.0. The maximum atomic E-state index is 12.0. The summed E-state index contributed by atoms with van der Waals surface area (Å²) in [5, 5.41) is 9.53. The summed E-state index contributed by atoms with van der Waals surface area (Å²) in [6.45, 7) is 3.71. The average Bonchev–Trinajstić information content (AvgIpc) is 2.40. The number of aliphatic carboxylic acids is 1. The minimum absolute atomic E-state index is 0.0507. The molecule has 6 heteroatoms. The van der Waals surface area contributed by atoms with Gasteiger partial charge in [0, 0.05) is 13.5 Å². The van der Waals surface area contributed by atoms with Crippen molar-refractivity contribution in [3.63, 3.8) is 0 Å².